The number of piperazine rings is 1. The van der Waals surface area contributed by atoms with Gasteiger partial charge in [-0.3, -0.25) is 9.69 Å². The molecule has 31 heavy (non-hydrogen) atoms. The van der Waals surface area contributed by atoms with Crippen molar-refractivity contribution in [3.8, 4) is 0 Å². The molecule has 8 heteroatoms. The van der Waals surface area contributed by atoms with Crippen LogP contribution in [0.25, 0.3) is 0 Å². The van der Waals surface area contributed by atoms with Gasteiger partial charge >= 0.3 is 0 Å². The number of nitrogens with zero attached hydrogens (tertiary/aromatic N) is 2. The third kappa shape index (κ3) is 5.75. The topological polar surface area (TPSA) is 35.6 Å². The zero-order valence-electron chi connectivity index (χ0n) is 17.5. The molecule has 0 spiro atoms. The Morgan fingerprint density at radius 1 is 0.871 bits per heavy atom. The number of hydrogen-bond donors (Lipinski definition) is 1. The molecule has 2 aliphatic heterocycles. The summed E-state index contributed by atoms with van der Waals surface area (Å²) in [4.78, 5) is 17.1. The van der Waals surface area contributed by atoms with Crippen LogP contribution in [0.1, 0.15) is 24.1 Å². The third-order valence-electron chi connectivity index (χ3n) is 6.27. The Bertz CT molecular complexity index is 793. The molecule has 1 amide bonds. The molecule has 4 nitrogen and oxygen atoms in total. The lowest BCUT2D eigenvalue weighted by atomic mass is 9.87. The average Bonchev–Trinajstić information content (AvgIpc) is 2.70. The predicted molar refractivity (Wildman–Crippen MR) is 123 cm³/mol. The molecule has 1 N–H and O–H groups in total. The van der Waals surface area contributed by atoms with Gasteiger partial charge in [0.2, 0.25) is 5.91 Å². The van der Waals surface area contributed by atoms with E-state index in [0.29, 0.717) is 19.0 Å². The molecule has 1 atom stereocenters. The van der Waals surface area contributed by atoms with Gasteiger partial charge in [0.25, 0.3) is 0 Å². The van der Waals surface area contributed by atoms with Gasteiger partial charge in [-0.25, -0.2) is 8.78 Å². The Hall–Kier alpha value is -1.73. The van der Waals surface area contributed by atoms with E-state index < -0.39 is 0 Å². The quantitative estimate of drug-likeness (QED) is 0.718. The van der Waals surface area contributed by atoms with E-state index in [1.54, 1.807) is 24.3 Å². The Kier molecular flexibility index (Phi) is 9.25. The highest BCUT2D eigenvalue weighted by Gasteiger charge is 2.34. The molecule has 4 rings (SSSR count). The molecule has 170 valence electrons. The van der Waals surface area contributed by atoms with E-state index in [2.05, 4.69) is 10.2 Å². The van der Waals surface area contributed by atoms with Crippen molar-refractivity contribution in [2.24, 2.45) is 11.8 Å². The Labute approximate surface area is 194 Å². The Balaban J connectivity index is 0.00000171. The molecule has 0 aliphatic carbocycles. The second-order valence-electron chi connectivity index (χ2n) is 8.07. The lowest BCUT2D eigenvalue weighted by molar-refractivity contribution is -0.139. The second kappa shape index (κ2) is 11.2. The minimum absolute atomic E-state index is 0. The summed E-state index contributed by atoms with van der Waals surface area (Å²) < 4.78 is 26.9. The monoisotopic (exact) mass is 471 g/mol. The Morgan fingerprint density at radius 2 is 1.32 bits per heavy atom. The molecule has 2 aromatic rings. The first-order chi connectivity index (χ1) is 14.0. The normalized spacial score (nSPS) is 18.0. The number of rotatable bonds is 5. The lowest BCUT2D eigenvalue weighted by Gasteiger charge is -2.42. The van der Waals surface area contributed by atoms with E-state index in [0.717, 1.165) is 37.3 Å². The van der Waals surface area contributed by atoms with Crippen LogP contribution in [-0.4, -0.2) is 55.0 Å². The van der Waals surface area contributed by atoms with Crippen molar-refractivity contribution in [3.05, 3.63) is 71.3 Å². The molecule has 2 saturated heterocycles. The maximum atomic E-state index is 13.5. The summed E-state index contributed by atoms with van der Waals surface area (Å²) in [6.45, 7) is 6.65. The minimum Gasteiger partial charge on any atom is -0.340 e. The molecule has 2 heterocycles. The molecule has 0 saturated carbocycles. The predicted octanol–water partition coefficient (Wildman–Crippen LogP) is 3.90. The van der Waals surface area contributed by atoms with Crippen LogP contribution >= 0.6 is 24.8 Å². The molecule has 0 bridgehead atoms. The van der Waals surface area contributed by atoms with Gasteiger partial charge in [-0.15, -0.1) is 24.8 Å². The maximum Gasteiger partial charge on any atom is 0.225 e. The standard InChI is InChI=1S/C23H27F2N3O.2ClH/c1-16(19-14-26-15-19)23(29)28-12-10-27(11-13-28)22(17-2-6-20(24)7-3-17)18-4-8-21(25)9-5-18;;/h2-9,16,19,22,26H,10-15H2,1H3;2*1H. The van der Waals surface area contributed by atoms with Gasteiger partial charge in [0, 0.05) is 32.1 Å². The van der Waals surface area contributed by atoms with Crippen LogP contribution in [0.15, 0.2) is 48.5 Å². The Morgan fingerprint density at radius 3 is 1.71 bits per heavy atom. The fraction of sp³-hybridized carbons (Fsp3) is 0.435. The molecule has 0 aromatic heterocycles. The van der Waals surface area contributed by atoms with E-state index in [4.69, 9.17) is 0 Å². The highest BCUT2D eigenvalue weighted by atomic mass is 35.5. The average molecular weight is 472 g/mol. The number of benzene rings is 2. The SMILES string of the molecule is CC(C(=O)N1CCN(C(c2ccc(F)cc2)c2ccc(F)cc2)CC1)C1CNC1.Cl.Cl. The van der Waals surface area contributed by atoms with Crippen molar-refractivity contribution < 1.29 is 13.6 Å². The van der Waals surface area contributed by atoms with Crippen LogP contribution in [0.3, 0.4) is 0 Å². The zero-order valence-corrected chi connectivity index (χ0v) is 19.1. The van der Waals surface area contributed by atoms with Crippen molar-refractivity contribution in [1.29, 1.82) is 0 Å². The van der Waals surface area contributed by atoms with Gasteiger partial charge < -0.3 is 10.2 Å². The first-order valence-electron chi connectivity index (χ1n) is 10.3. The number of carbonyl (C=O) groups excluding carboxylic acids is 1. The highest BCUT2D eigenvalue weighted by molar-refractivity contribution is 5.85. The zero-order chi connectivity index (χ0) is 20.4. The van der Waals surface area contributed by atoms with Gasteiger partial charge in [-0.05, 0) is 54.4 Å². The van der Waals surface area contributed by atoms with E-state index in [1.165, 1.54) is 24.3 Å². The molecule has 2 aliphatic rings. The summed E-state index contributed by atoms with van der Waals surface area (Å²) in [5.74, 6) is 0.166. The van der Waals surface area contributed by atoms with Crippen LogP contribution in [-0.2, 0) is 4.79 Å². The highest BCUT2D eigenvalue weighted by Crippen LogP contribution is 2.30. The summed E-state index contributed by atoms with van der Waals surface area (Å²) >= 11 is 0. The summed E-state index contributed by atoms with van der Waals surface area (Å²) in [6.07, 6.45) is 0. The van der Waals surface area contributed by atoms with Crippen molar-refractivity contribution in [2.75, 3.05) is 39.3 Å². The molecular formula is C23H29Cl2F2N3O. The molecule has 2 aromatic carbocycles. The summed E-state index contributed by atoms with van der Waals surface area (Å²) in [7, 11) is 0. The lowest BCUT2D eigenvalue weighted by Crippen LogP contribution is -2.55. The smallest absolute Gasteiger partial charge is 0.225 e. The molecule has 0 radical (unpaired) electrons. The minimum atomic E-state index is -0.276. The van der Waals surface area contributed by atoms with Crippen LogP contribution < -0.4 is 5.32 Å². The fourth-order valence-electron chi connectivity index (χ4n) is 4.26. The summed E-state index contributed by atoms with van der Waals surface area (Å²) in [5, 5.41) is 3.23. The van der Waals surface area contributed by atoms with E-state index in [9.17, 15) is 13.6 Å². The van der Waals surface area contributed by atoms with Crippen molar-refractivity contribution >= 4 is 30.7 Å². The molecule has 2 fully saturated rings. The van der Waals surface area contributed by atoms with Gasteiger partial charge in [0.05, 0.1) is 6.04 Å². The van der Waals surface area contributed by atoms with Gasteiger partial charge in [-0.2, -0.15) is 0 Å². The van der Waals surface area contributed by atoms with Crippen molar-refractivity contribution in [1.82, 2.24) is 15.1 Å². The number of amides is 1. The first-order valence-corrected chi connectivity index (χ1v) is 10.3. The molecular weight excluding hydrogens is 443 g/mol. The number of halogens is 4. The fourth-order valence-corrected chi connectivity index (χ4v) is 4.26. The number of carbonyl (C=O) groups is 1. The largest absolute Gasteiger partial charge is 0.340 e. The van der Waals surface area contributed by atoms with Crippen molar-refractivity contribution in [3.63, 3.8) is 0 Å². The second-order valence-corrected chi connectivity index (χ2v) is 8.07. The number of nitrogens with one attached hydrogen (secondary N) is 1. The van der Waals surface area contributed by atoms with Crippen LogP contribution in [0.4, 0.5) is 8.78 Å². The van der Waals surface area contributed by atoms with Crippen molar-refractivity contribution in [2.45, 2.75) is 13.0 Å². The number of hydrogen-bond acceptors (Lipinski definition) is 3. The third-order valence-corrected chi connectivity index (χ3v) is 6.27. The van der Waals surface area contributed by atoms with Gasteiger partial charge in [0.15, 0.2) is 0 Å². The summed E-state index contributed by atoms with van der Waals surface area (Å²) in [6, 6.07) is 12.9. The first kappa shape index (κ1) is 25.5. The van der Waals surface area contributed by atoms with Crippen LogP contribution in [0, 0.1) is 23.5 Å². The van der Waals surface area contributed by atoms with E-state index >= 15 is 0 Å². The maximum absolute atomic E-state index is 13.5. The van der Waals surface area contributed by atoms with Gasteiger partial charge in [-0.1, -0.05) is 31.2 Å². The van der Waals surface area contributed by atoms with Gasteiger partial charge in [0.1, 0.15) is 11.6 Å². The van der Waals surface area contributed by atoms with Crippen LogP contribution in [0.2, 0.25) is 0 Å². The van der Waals surface area contributed by atoms with E-state index in [1.807, 2.05) is 11.8 Å². The van der Waals surface area contributed by atoms with E-state index in [-0.39, 0.29) is 54.3 Å². The summed E-state index contributed by atoms with van der Waals surface area (Å²) in [5.41, 5.74) is 1.93. The molecule has 1 unspecified atom stereocenters. The van der Waals surface area contributed by atoms with Crippen LogP contribution in [0.5, 0.6) is 0 Å².